The smallest absolute Gasteiger partial charge is 0.224 e. The first kappa shape index (κ1) is 19.3. The normalized spacial score (nSPS) is 18.3. The van der Waals surface area contributed by atoms with Crippen LogP contribution in [-0.2, 0) is 4.79 Å². The Hall–Kier alpha value is -0.0300. The van der Waals surface area contributed by atoms with Gasteiger partial charge >= 0.3 is 0 Å². The van der Waals surface area contributed by atoms with Crippen LogP contribution in [0.4, 0.5) is 0 Å². The third kappa shape index (κ3) is 6.46. The van der Waals surface area contributed by atoms with Crippen molar-refractivity contribution in [3.05, 3.63) is 0 Å². The summed E-state index contributed by atoms with van der Waals surface area (Å²) in [6, 6.07) is 0.552. The molecule has 0 radical (unpaired) electrons. The predicted molar refractivity (Wildman–Crippen MR) is 76.1 cm³/mol. The zero-order valence-electron chi connectivity index (χ0n) is 10.9. The van der Waals surface area contributed by atoms with E-state index in [1.165, 1.54) is 0 Å². The topological polar surface area (TPSA) is 49.6 Å². The second-order valence-corrected chi connectivity index (χ2v) is 4.69. The maximum absolute atomic E-state index is 11.7. The number of halogens is 2. The van der Waals surface area contributed by atoms with Crippen molar-refractivity contribution in [2.45, 2.75) is 39.3 Å². The summed E-state index contributed by atoms with van der Waals surface area (Å²) in [4.78, 5) is 16.0. The highest BCUT2D eigenvalue weighted by Crippen LogP contribution is 2.07. The summed E-state index contributed by atoms with van der Waals surface area (Å²) in [5, 5.41) is 0. The molecule has 0 aromatic rings. The van der Waals surface area contributed by atoms with E-state index in [0.29, 0.717) is 12.5 Å². The van der Waals surface area contributed by atoms with Gasteiger partial charge in [0.25, 0.3) is 0 Å². The lowest BCUT2D eigenvalue weighted by Crippen LogP contribution is -2.51. The van der Waals surface area contributed by atoms with Crippen LogP contribution in [0.15, 0.2) is 0 Å². The molecule has 1 atom stereocenters. The fourth-order valence-electron chi connectivity index (χ4n) is 1.89. The summed E-state index contributed by atoms with van der Waals surface area (Å²) < 4.78 is 0. The number of nitrogens with zero attached hydrogens (tertiary/aromatic N) is 2. The van der Waals surface area contributed by atoms with Gasteiger partial charge in [0.2, 0.25) is 5.91 Å². The van der Waals surface area contributed by atoms with Gasteiger partial charge in [-0.2, -0.15) is 0 Å². The van der Waals surface area contributed by atoms with Crippen molar-refractivity contribution < 1.29 is 4.79 Å². The average molecular weight is 286 g/mol. The van der Waals surface area contributed by atoms with Crippen LogP contribution in [0, 0.1) is 0 Å². The molecule has 0 spiro atoms. The molecule has 1 unspecified atom stereocenters. The number of hydrogen-bond acceptors (Lipinski definition) is 3. The highest BCUT2D eigenvalue weighted by atomic mass is 35.5. The maximum atomic E-state index is 11.7. The zero-order valence-corrected chi connectivity index (χ0v) is 12.5. The second kappa shape index (κ2) is 8.97. The molecule has 1 amide bonds. The van der Waals surface area contributed by atoms with Crippen molar-refractivity contribution in [2.75, 3.05) is 26.2 Å². The Labute approximate surface area is 117 Å². The predicted octanol–water partition coefficient (Wildman–Crippen LogP) is 1.12. The van der Waals surface area contributed by atoms with Crippen LogP contribution in [0.3, 0.4) is 0 Å². The number of hydrogen-bond donors (Lipinski definition) is 1. The van der Waals surface area contributed by atoms with Crippen LogP contribution in [0.5, 0.6) is 0 Å². The lowest BCUT2D eigenvalue weighted by Gasteiger charge is -2.37. The molecule has 0 aromatic heterocycles. The molecule has 6 heteroatoms. The summed E-state index contributed by atoms with van der Waals surface area (Å²) >= 11 is 0. The van der Waals surface area contributed by atoms with E-state index in [0.717, 1.165) is 26.2 Å². The highest BCUT2D eigenvalue weighted by Gasteiger charge is 2.22. The number of carbonyl (C=O) groups is 1. The molecule has 1 heterocycles. The fourth-order valence-corrected chi connectivity index (χ4v) is 1.89. The Kier molecular flexibility index (Phi) is 10.2. The Balaban J connectivity index is 0. The van der Waals surface area contributed by atoms with Crippen molar-refractivity contribution in [1.29, 1.82) is 0 Å². The SMILES string of the molecule is CC(N)CC(=O)N1CCN(C(C)C)CC1.Cl.Cl. The van der Waals surface area contributed by atoms with Crippen molar-refractivity contribution >= 4 is 30.7 Å². The van der Waals surface area contributed by atoms with Crippen LogP contribution in [0.2, 0.25) is 0 Å². The molecular weight excluding hydrogens is 261 g/mol. The fraction of sp³-hybridized carbons (Fsp3) is 0.909. The Bertz CT molecular complexity index is 217. The van der Waals surface area contributed by atoms with Crippen LogP contribution in [0.1, 0.15) is 27.2 Å². The van der Waals surface area contributed by atoms with Crippen molar-refractivity contribution in [2.24, 2.45) is 5.73 Å². The molecule has 1 rings (SSSR count). The van der Waals surface area contributed by atoms with Gasteiger partial charge in [-0.1, -0.05) is 0 Å². The number of amides is 1. The Morgan fingerprint density at radius 1 is 1.12 bits per heavy atom. The van der Waals surface area contributed by atoms with Gasteiger partial charge in [-0.05, 0) is 20.8 Å². The quantitative estimate of drug-likeness (QED) is 0.846. The van der Waals surface area contributed by atoms with E-state index < -0.39 is 0 Å². The van der Waals surface area contributed by atoms with Gasteiger partial charge in [-0.25, -0.2) is 0 Å². The molecule has 0 aromatic carbocycles. The summed E-state index contributed by atoms with van der Waals surface area (Å²) in [7, 11) is 0. The minimum absolute atomic E-state index is 0. The maximum Gasteiger partial charge on any atom is 0.224 e. The summed E-state index contributed by atoms with van der Waals surface area (Å²) in [6.07, 6.45) is 0.474. The van der Waals surface area contributed by atoms with Crippen LogP contribution in [0.25, 0.3) is 0 Å². The number of nitrogens with two attached hydrogens (primary N) is 1. The van der Waals surface area contributed by atoms with Gasteiger partial charge in [-0.15, -0.1) is 24.8 Å². The van der Waals surface area contributed by atoms with Gasteiger partial charge in [0.1, 0.15) is 0 Å². The average Bonchev–Trinajstić information content (AvgIpc) is 2.17. The molecule has 0 saturated carbocycles. The van der Waals surface area contributed by atoms with Gasteiger partial charge in [0.15, 0.2) is 0 Å². The lowest BCUT2D eigenvalue weighted by molar-refractivity contribution is -0.133. The van der Waals surface area contributed by atoms with Gasteiger partial charge in [0.05, 0.1) is 0 Å². The molecule has 1 fully saturated rings. The van der Waals surface area contributed by atoms with Crippen LogP contribution < -0.4 is 5.73 Å². The number of carbonyl (C=O) groups excluding carboxylic acids is 1. The second-order valence-electron chi connectivity index (χ2n) is 4.69. The number of piperazine rings is 1. The van der Waals surface area contributed by atoms with E-state index in [1.54, 1.807) is 0 Å². The first-order valence-electron chi connectivity index (χ1n) is 5.78. The molecule has 1 aliphatic heterocycles. The first-order valence-corrected chi connectivity index (χ1v) is 5.78. The summed E-state index contributed by atoms with van der Waals surface area (Å²) in [6.45, 7) is 9.94. The molecule has 104 valence electrons. The highest BCUT2D eigenvalue weighted by molar-refractivity contribution is 5.85. The third-order valence-electron chi connectivity index (χ3n) is 2.89. The minimum atomic E-state index is -0.0272. The minimum Gasteiger partial charge on any atom is -0.340 e. The van der Waals surface area contributed by atoms with E-state index in [4.69, 9.17) is 5.73 Å². The largest absolute Gasteiger partial charge is 0.340 e. The van der Waals surface area contributed by atoms with E-state index in [2.05, 4.69) is 18.7 Å². The van der Waals surface area contributed by atoms with E-state index >= 15 is 0 Å². The van der Waals surface area contributed by atoms with E-state index in [-0.39, 0.29) is 36.8 Å². The van der Waals surface area contributed by atoms with Crippen molar-refractivity contribution in [3.63, 3.8) is 0 Å². The lowest BCUT2D eigenvalue weighted by atomic mass is 10.2. The molecule has 4 nitrogen and oxygen atoms in total. The zero-order chi connectivity index (χ0) is 11.4. The summed E-state index contributed by atoms with van der Waals surface area (Å²) in [5.74, 6) is 0.202. The third-order valence-corrected chi connectivity index (χ3v) is 2.89. The molecule has 1 aliphatic rings. The first-order chi connectivity index (χ1) is 7.00. The standard InChI is InChI=1S/C11H23N3O.2ClH/c1-9(2)13-4-6-14(7-5-13)11(15)8-10(3)12;;/h9-10H,4-8,12H2,1-3H3;2*1H. The Morgan fingerprint density at radius 2 is 1.59 bits per heavy atom. The van der Waals surface area contributed by atoms with Gasteiger partial charge < -0.3 is 10.6 Å². The molecule has 0 bridgehead atoms. The molecular formula is C11H25Cl2N3O. The molecule has 17 heavy (non-hydrogen) atoms. The monoisotopic (exact) mass is 285 g/mol. The summed E-state index contributed by atoms with van der Waals surface area (Å²) in [5.41, 5.74) is 5.62. The molecule has 1 saturated heterocycles. The molecule has 0 aliphatic carbocycles. The van der Waals surface area contributed by atoms with Gasteiger partial charge in [0, 0.05) is 44.7 Å². The van der Waals surface area contributed by atoms with Crippen LogP contribution >= 0.6 is 24.8 Å². The van der Waals surface area contributed by atoms with Gasteiger partial charge in [-0.3, -0.25) is 9.69 Å². The van der Waals surface area contributed by atoms with E-state index in [9.17, 15) is 4.79 Å². The Morgan fingerprint density at radius 3 is 1.94 bits per heavy atom. The molecule has 2 N–H and O–H groups in total. The van der Waals surface area contributed by atoms with Crippen molar-refractivity contribution in [1.82, 2.24) is 9.80 Å². The van der Waals surface area contributed by atoms with Crippen LogP contribution in [-0.4, -0.2) is 54.0 Å². The van der Waals surface area contributed by atoms with Crippen molar-refractivity contribution in [3.8, 4) is 0 Å². The van der Waals surface area contributed by atoms with E-state index in [1.807, 2.05) is 11.8 Å². The number of rotatable bonds is 3.